The topological polar surface area (TPSA) is 118 Å². The number of halogens is 1. The second kappa shape index (κ2) is 11.2. The van der Waals surface area contributed by atoms with Gasteiger partial charge in [0.05, 0.1) is 33.8 Å². The van der Waals surface area contributed by atoms with Crippen molar-refractivity contribution in [3.63, 3.8) is 0 Å². The fourth-order valence-electron chi connectivity index (χ4n) is 3.54. The third-order valence-electron chi connectivity index (χ3n) is 5.68. The number of pyridine rings is 1. The minimum atomic E-state index is -1.25. The predicted molar refractivity (Wildman–Crippen MR) is 147 cm³/mol. The molecule has 10 heteroatoms. The summed E-state index contributed by atoms with van der Waals surface area (Å²) in [4.78, 5) is 26.0. The highest BCUT2D eigenvalue weighted by atomic mass is 35.5. The Morgan fingerprint density at radius 2 is 1.82 bits per heavy atom. The van der Waals surface area contributed by atoms with Crippen LogP contribution < -0.4 is 20.1 Å². The molecule has 4 rings (SSSR count). The van der Waals surface area contributed by atoms with Gasteiger partial charge in [-0.1, -0.05) is 23.7 Å². The molecule has 9 nitrogen and oxygen atoms in total. The average Bonchev–Trinajstić information content (AvgIpc) is 2.88. The van der Waals surface area contributed by atoms with E-state index in [4.69, 9.17) is 21.1 Å². The third-order valence-corrected chi connectivity index (χ3v) is 5.98. The number of carbonyl (C=O) groups excluding carboxylic acids is 1. The molecule has 0 spiro atoms. The summed E-state index contributed by atoms with van der Waals surface area (Å²) >= 11 is 6.49. The first-order valence-corrected chi connectivity index (χ1v) is 12.4. The molecule has 2 heterocycles. The number of aliphatic hydroxyl groups excluding tert-OH is 1. The van der Waals surface area contributed by atoms with Gasteiger partial charge < -0.3 is 25.2 Å². The van der Waals surface area contributed by atoms with Crippen molar-refractivity contribution in [1.82, 2.24) is 20.3 Å². The Balaban J connectivity index is 1.57. The first kappa shape index (κ1) is 27.1. The van der Waals surface area contributed by atoms with E-state index in [9.17, 15) is 9.90 Å². The highest BCUT2D eigenvalue weighted by Crippen LogP contribution is 2.35. The monoisotopic (exact) mass is 535 g/mol. The highest BCUT2D eigenvalue weighted by molar-refractivity contribution is 6.32. The molecule has 0 fully saturated rings. The van der Waals surface area contributed by atoms with Crippen LogP contribution in [0.2, 0.25) is 5.02 Å². The molecule has 0 unspecified atom stereocenters. The lowest BCUT2D eigenvalue weighted by atomic mass is 10.0. The van der Waals surface area contributed by atoms with Crippen molar-refractivity contribution in [3.05, 3.63) is 77.8 Å². The van der Waals surface area contributed by atoms with Crippen LogP contribution in [0.4, 0.5) is 11.5 Å². The molecular weight excluding hydrogens is 506 g/mol. The first-order chi connectivity index (χ1) is 18.1. The molecule has 0 saturated carbocycles. The van der Waals surface area contributed by atoms with Crippen LogP contribution in [-0.2, 0) is 11.4 Å². The Labute approximate surface area is 226 Å². The number of hydrogen-bond donors (Lipinski definition) is 3. The van der Waals surface area contributed by atoms with Gasteiger partial charge in [0.2, 0.25) is 0 Å². The third kappa shape index (κ3) is 6.48. The number of anilines is 2. The van der Waals surface area contributed by atoms with Gasteiger partial charge in [0.25, 0.3) is 5.91 Å². The summed E-state index contributed by atoms with van der Waals surface area (Å²) in [6.45, 7) is 6.87. The number of nitrogens with zero attached hydrogens (tertiary/aromatic N) is 3. The van der Waals surface area contributed by atoms with Crippen LogP contribution in [0.15, 0.2) is 67.1 Å². The quantitative estimate of drug-likeness (QED) is 0.258. The number of fused-ring (bicyclic) bond motifs is 1. The second-order valence-electron chi connectivity index (χ2n) is 9.86. The minimum absolute atomic E-state index is 0.208. The van der Waals surface area contributed by atoms with E-state index in [1.807, 2.05) is 30.3 Å². The molecule has 0 aliphatic rings. The molecule has 0 saturated heterocycles. The maximum Gasteiger partial charge on any atom is 0.264 e. The van der Waals surface area contributed by atoms with E-state index < -0.39 is 11.1 Å². The number of amides is 1. The lowest BCUT2D eigenvalue weighted by Crippen LogP contribution is -2.55. The summed E-state index contributed by atoms with van der Waals surface area (Å²) in [6.07, 6.45) is 3.16. The number of benzene rings is 2. The van der Waals surface area contributed by atoms with Crippen LogP contribution in [0, 0.1) is 0 Å². The predicted octanol–water partition coefficient (Wildman–Crippen LogP) is 5.05. The SMILES string of the molecule is CC(C)(CO)NC(=O)C(C)(C)Oc1cccc2ncnc(Nc3ccc(OCc4ccccn4)c(Cl)c3)c12. The van der Waals surface area contributed by atoms with Gasteiger partial charge in [0.1, 0.15) is 30.3 Å². The molecule has 0 aliphatic heterocycles. The van der Waals surface area contributed by atoms with Crippen molar-refractivity contribution in [2.24, 2.45) is 0 Å². The number of nitrogens with one attached hydrogen (secondary N) is 2. The van der Waals surface area contributed by atoms with Gasteiger partial charge in [-0.25, -0.2) is 9.97 Å². The molecule has 38 heavy (non-hydrogen) atoms. The summed E-state index contributed by atoms with van der Waals surface area (Å²) in [5.74, 6) is 1.07. The summed E-state index contributed by atoms with van der Waals surface area (Å²) in [5, 5.41) is 16.6. The Morgan fingerprint density at radius 3 is 2.53 bits per heavy atom. The van der Waals surface area contributed by atoms with Crippen molar-refractivity contribution in [3.8, 4) is 11.5 Å². The molecule has 0 atom stereocenters. The van der Waals surface area contributed by atoms with Gasteiger partial charge >= 0.3 is 0 Å². The average molecular weight is 536 g/mol. The van der Waals surface area contributed by atoms with Crippen LogP contribution in [-0.4, -0.2) is 43.7 Å². The molecule has 0 radical (unpaired) electrons. The van der Waals surface area contributed by atoms with Crippen molar-refractivity contribution in [2.45, 2.75) is 45.4 Å². The molecular formula is C28H30ClN5O4. The van der Waals surface area contributed by atoms with Gasteiger partial charge in [-0.3, -0.25) is 9.78 Å². The summed E-state index contributed by atoms with van der Waals surface area (Å²) in [5.41, 5.74) is 0.0651. The van der Waals surface area contributed by atoms with Gasteiger partial charge in [-0.2, -0.15) is 0 Å². The van der Waals surface area contributed by atoms with Crippen molar-refractivity contribution in [2.75, 3.05) is 11.9 Å². The lowest BCUT2D eigenvalue weighted by Gasteiger charge is -2.31. The van der Waals surface area contributed by atoms with E-state index in [1.165, 1.54) is 6.33 Å². The second-order valence-corrected chi connectivity index (χ2v) is 10.3. The summed E-state index contributed by atoms with van der Waals surface area (Å²) in [7, 11) is 0. The van der Waals surface area contributed by atoms with Gasteiger partial charge in [-0.15, -0.1) is 0 Å². The van der Waals surface area contributed by atoms with E-state index in [1.54, 1.807) is 58.2 Å². The van der Waals surface area contributed by atoms with Gasteiger partial charge in [0, 0.05) is 11.9 Å². The van der Waals surface area contributed by atoms with Crippen molar-refractivity contribution < 1.29 is 19.4 Å². The van der Waals surface area contributed by atoms with Crippen molar-refractivity contribution in [1.29, 1.82) is 0 Å². The first-order valence-electron chi connectivity index (χ1n) is 12.0. The Kier molecular flexibility index (Phi) is 7.99. The molecule has 2 aromatic heterocycles. The van der Waals surface area contributed by atoms with E-state index in [0.717, 1.165) is 5.69 Å². The summed E-state index contributed by atoms with van der Waals surface area (Å²) in [6, 6.07) is 16.3. The zero-order chi connectivity index (χ0) is 27.3. The number of aliphatic hydroxyl groups is 1. The van der Waals surface area contributed by atoms with Crippen molar-refractivity contribution >= 4 is 39.9 Å². The number of ether oxygens (including phenoxy) is 2. The highest BCUT2D eigenvalue weighted by Gasteiger charge is 2.34. The minimum Gasteiger partial charge on any atom is -0.486 e. The zero-order valence-corrected chi connectivity index (χ0v) is 22.4. The zero-order valence-electron chi connectivity index (χ0n) is 21.7. The van der Waals surface area contributed by atoms with E-state index in [-0.39, 0.29) is 12.5 Å². The van der Waals surface area contributed by atoms with Crippen LogP contribution >= 0.6 is 11.6 Å². The molecule has 0 aliphatic carbocycles. The normalized spacial score (nSPS) is 11.7. The molecule has 1 amide bonds. The molecule has 0 bridgehead atoms. The van der Waals surface area contributed by atoms with Crippen LogP contribution in [0.1, 0.15) is 33.4 Å². The smallest absolute Gasteiger partial charge is 0.264 e. The lowest BCUT2D eigenvalue weighted by molar-refractivity contribution is -0.136. The van der Waals surface area contributed by atoms with E-state index in [0.29, 0.717) is 45.5 Å². The number of rotatable bonds is 10. The maximum atomic E-state index is 12.9. The van der Waals surface area contributed by atoms with Gasteiger partial charge in [-0.05, 0) is 70.2 Å². The van der Waals surface area contributed by atoms with Crippen LogP contribution in [0.3, 0.4) is 0 Å². The maximum absolute atomic E-state index is 12.9. The number of carbonyl (C=O) groups is 1. The van der Waals surface area contributed by atoms with E-state index in [2.05, 4.69) is 25.6 Å². The largest absolute Gasteiger partial charge is 0.486 e. The fourth-order valence-corrected chi connectivity index (χ4v) is 3.78. The molecule has 4 aromatic rings. The fraction of sp³-hybridized carbons (Fsp3) is 0.286. The number of aromatic nitrogens is 3. The molecule has 2 aromatic carbocycles. The van der Waals surface area contributed by atoms with Gasteiger partial charge in [0.15, 0.2) is 5.60 Å². The number of hydrogen-bond acceptors (Lipinski definition) is 8. The summed E-state index contributed by atoms with van der Waals surface area (Å²) < 4.78 is 12.0. The Hall–Kier alpha value is -3.95. The van der Waals surface area contributed by atoms with Crippen LogP contribution in [0.25, 0.3) is 10.9 Å². The Bertz CT molecular complexity index is 1420. The van der Waals surface area contributed by atoms with E-state index >= 15 is 0 Å². The standard InChI is InChI=1S/C28H30ClN5O4/c1-27(2,16-35)34-26(36)28(3,4)38-23-10-7-9-21-24(23)25(32-17-31-21)33-18-11-12-22(20(29)14-18)37-15-19-8-5-6-13-30-19/h5-14,17,35H,15-16H2,1-4H3,(H,34,36)(H,31,32,33). The Morgan fingerprint density at radius 1 is 1.00 bits per heavy atom. The molecule has 3 N–H and O–H groups in total. The molecule has 198 valence electrons. The van der Waals surface area contributed by atoms with Crippen LogP contribution in [0.5, 0.6) is 11.5 Å².